The summed E-state index contributed by atoms with van der Waals surface area (Å²) in [6.45, 7) is 0. The predicted octanol–water partition coefficient (Wildman–Crippen LogP) is 4.53. The number of carbonyl (C=O) groups is 1. The molecular weight excluding hydrogens is 306 g/mol. The zero-order valence-corrected chi connectivity index (χ0v) is 11.3. The Balaban J connectivity index is 2.11. The first-order chi connectivity index (χ1) is 9.95. The van der Waals surface area contributed by atoms with Crippen molar-refractivity contribution in [2.24, 2.45) is 0 Å². The maximum absolute atomic E-state index is 13.4. The van der Waals surface area contributed by atoms with E-state index in [9.17, 15) is 22.4 Å². The molecule has 21 heavy (non-hydrogen) atoms. The molecule has 2 aromatic rings. The second-order valence-electron chi connectivity index (χ2n) is 3.98. The molecule has 2 rings (SSSR count). The fourth-order valence-electron chi connectivity index (χ4n) is 1.58. The monoisotopic (exact) mass is 315 g/mol. The average Bonchev–Trinajstić information content (AvgIpc) is 2.43. The van der Waals surface area contributed by atoms with Crippen molar-refractivity contribution < 1.29 is 22.4 Å². The average molecular weight is 315 g/mol. The zero-order valence-electron chi connectivity index (χ0n) is 10.4. The van der Waals surface area contributed by atoms with Gasteiger partial charge in [-0.3, -0.25) is 4.79 Å². The van der Waals surface area contributed by atoms with Crippen LogP contribution in [-0.4, -0.2) is 11.7 Å². The van der Waals surface area contributed by atoms with E-state index in [0.29, 0.717) is 16.7 Å². The molecule has 7 heteroatoms. The molecule has 0 saturated carbocycles. The summed E-state index contributed by atoms with van der Waals surface area (Å²) in [7, 11) is 0. The molecule has 2 aromatic carbocycles. The van der Waals surface area contributed by atoms with Crippen molar-refractivity contribution in [3.05, 3.63) is 59.7 Å². The van der Waals surface area contributed by atoms with Gasteiger partial charge < -0.3 is 5.32 Å². The van der Waals surface area contributed by atoms with Crippen LogP contribution in [-0.2, 0) is 0 Å². The molecule has 0 radical (unpaired) electrons. The van der Waals surface area contributed by atoms with Gasteiger partial charge >= 0.3 is 0 Å². The zero-order chi connectivity index (χ0) is 15.4. The van der Waals surface area contributed by atoms with E-state index in [1.807, 2.05) is 0 Å². The smallest absolute Gasteiger partial charge is 0.288 e. The number of hydrogen-bond acceptors (Lipinski definition) is 2. The van der Waals surface area contributed by atoms with E-state index in [1.54, 1.807) is 0 Å². The first-order valence-corrected chi connectivity index (χ1v) is 6.65. The van der Waals surface area contributed by atoms with Gasteiger partial charge in [-0.15, -0.1) is 0 Å². The summed E-state index contributed by atoms with van der Waals surface area (Å²) in [6, 6.07) is 8.05. The Kier molecular flexibility index (Phi) is 4.85. The van der Waals surface area contributed by atoms with Crippen LogP contribution in [0.2, 0.25) is 0 Å². The maximum atomic E-state index is 13.4. The minimum absolute atomic E-state index is 0.150. The third kappa shape index (κ3) is 4.22. The highest BCUT2D eigenvalue weighted by Crippen LogP contribution is 2.25. The highest BCUT2D eigenvalue weighted by Gasteiger charge is 2.11. The predicted molar refractivity (Wildman–Crippen MR) is 72.6 cm³/mol. The van der Waals surface area contributed by atoms with E-state index >= 15 is 0 Å². The lowest BCUT2D eigenvalue weighted by Gasteiger charge is -2.07. The number of hydrogen-bond donors (Lipinski definition) is 1. The number of alkyl halides is 2. The van der Waals surface area contributed by atoms with Crippen LogP contribution in [0.3, 0.4) is 0 Å². The van der Waals surface area contributed by atoms with Gasteiger partial charge in [-0.05, 0) is 36.4 Å². The highest BCUT2D eigenvalue weighted by atomic mass is 32.2. The molecule has 0 spiro atoms. The summed E-state index contributed by atoms with van der Waals surface area (Å²) in [5.41, 5.74) is -0.136. The number of thioether (sulfide) groups is 1. The molecular formula is C14H9F4NOS. The Morgan fingerprint density at radius 2 is 1.71 bits per heavy atom. The van der Waals surface area contributed by atoms with Gasteiger partial charge in [0.1, 0.15) is 11.6 Å². The SMILES string of the molecule is O=C(Nc1cc(F)ccc1F)c1ccc(SC(F)F)cc1. The second-order valence-corrected chi connectivity index (χ2v) is 5.04. The summed E-state index contributed by atoms with van der Waals surface area (Å²) in [4.78, 5) is 12.2. The van der Waals surface area contributed by atoms with Crippen LogP contribution in [0, 0.1) is 11.6 Å². The third-order valence-corrected chi connectivity index (χ3v) is 3.24. The van der Waals surface area contributed by atoms with Crippen LogP contribution in [0.1, 0.15) is 10.4 Å². The van der Waals surface area contributed by atoms with Gasteiger partial charge in [0, 0.05) is 16.5 Å². The molecule has 0 aliphatic carbocycles. The maximum Gasteiger partial charge on any atom is 0.288 e. The molecule has 0 unspecified atom stereocenters. The molecule has 0 aliphatic rings. The number of nitrogens with one attached hydrogen (secondary N) is 1. The molecule has 110 valence electrons. The van der Waals surface area contributed by atoms with Crippen molar-refractivity contribution in [2.45, 2.75) is 10.7 Å². The summed E-state index contributed by atoms with van der Waals surface area (Å²) in [6.07, 6.45) is 0. The van der Waals surface area contributed by atoms with Gasteiger partial charge in [0.15, 0.2) is 0 Å². The Morgan fingerprint density at radius 1 is 1.05 bits per heavy atom. The van der Waals surface area contributed by atoms with Crippen molar-refractivity contribution in [3.63, 3.8) is 0 Å². The minimum Gasteiger partial charge on any atom is -0.319 e. The number of carbonyl (C=O) groups excluding carboxylic acids is 1. The first-order valence-electron chi connectivity index (χ1n) is 5.77. The Bertz CT molecular complexity index is 646. The van der Waals surface area contributed by atoms with Crippen LogP contribution in [0.15, 0.2) is 47.4 Å². The van der Waals surface area contributed by atoms with E-state index in [2.05, 4.69) is 5.32 Å². The largest absolute Gasteiger partial charge is 0.319 e. The van der Waals surface area contributed by atoms with Crippen LogP contribution < -0.4 is 5.32 Å². The fourth-order valence-corrected chi connectivity index (χ4v) is 2.07. The highest BCUT2D eigenvalue weighted by molar-refractivity contribution is 7.99. The molecule has 0 fully saturated rings. The number of amides is 1. The summed E-state index contributed by atoms with van der Waals surface area (Å²) >= 11 is 0.353. The van der Waals surface area contributed by atoms with E-state index in [4.69, 9.17) is 0 Å². The molecule has 0 aliphatic heterocycles. The van der Waals surface area contributed by atoms with E-state index in [1.165, 1.54) is 24.3 Å². The van der Waals surface area contributed by atoms with Crippen molar-refractivity contribution in [2.75, 3.05) is 5.32 Å². The molecule has 0 atom stereocenters. The van der Waals surface area contributed by atoms with Crippen molar-refractivity contribution >= 4 is 23.4 Å². The van der Waals surface area contributed by atoms with Gasteiger partial charge in [0.2, 0.25) is 0 Å². The number of anilines is 1. The molecule has 2 nitrogen and oxygen atoms in total. The van der Waals surface area contributed by atoms with Crippen LogP contribution in [0.5, 0.6) is 0 Å². The van der Waals surface area contributed by atoms with Gasteiger partial charge in [-0.25, -0.2) is 8.78 Å². The molecule has 0 aromatic heterocycles. The summed E-state index contributed by atoms with van der Waals surface area (Å²) in [5.74, 6) is -4.66. The summed E-state index contributed by atoms with van der Waals surface area (Å²) < 4.78 is 50.7. The Labute approximate surface area is 122 Å². The minimum atomic E-state index is -2.55. The van der Waals surface area contributed by atoms with Gasteiger partial charge in [0.25, 0.3) is 11.7 Å². The van der Waals surface area contributed by atoms with Crippen molar-refractivity contribution in [1.82, 2.24) is 0 Å². The third-order valence-electron chi connectivity index (χ3n) is 2.52. The van der Waals surface area contributed by atoms with Crippen LogP contribution >= 0.6 is 11.8 Å². The van der Waals surface area contributed by atoms with Crippen molar-refractivity contribution in [1.29, 1.82) is 0 Å². The second kappa shape index (κ2) is 6.62. The Morgan fingerprint density at radius 3 is 2.33 bits per heavy atom. The first kappa shape index (κ1) is 15.4. The normalized spacial score (nSPS) is 10.7. The number of benzene rings is 2. The molecule has 0 bridgehead atoms. The molecule has 0 saturated heterocycles. The van der Waals surface area contributed by atoms with E-state index < -0.39 is 23.3 Å². The topological polar surface area (TPSA) is 29.1 Å². The van der Waals surface area contributed by atoms with E-state index in [0.717, 1.165) is 18.2 Å². The van der Waals surface area contributed by atoms with Crippen LogP contribution in [0.25, 0.3) is 0 Å². The standard InChI is InChI=1S/C14H9F4NOS/c15-9-3-6-11(16)12(7-9)19-13(20)8-1-4-10(5-2-8)21-14(17)18/h1-7,14H,(H,19,20). The van der Waals surface area contributed by atoms with Crippen LogP contribution in [0.4, 0.5) is 23.2 Å². The number of rotatable bonds is 4. The summed E-state index contributed by atoms with van der Waals surface area (Å²) in [5, 5.41) is 2.22. The fraction of sp³-hybridized carbons (Fsp3) is 0.0714. The lowest BCUT2D eigenvalue weighted by atomic mass is 10.2. The molecule has 1 amide bonds. The lowest BCUT2D eigenvalue weighted by Crippen LogP contribution is -2.13. The van der Waals surface area contributed by atoms with Gasteiger partial charge in [-0.2, -0.15) is 8.78 Å². The van der Waals surface area contributed by atoms with E-state index in [-0.39, 0.29) is 11.3 Å². The quantitative estimate of drug-likeness (QED) is 0.663. The molecule has 0 heterocycles. The Hall–Kier alpha value is -2.02. The van der Waals surface area contributed by atoms with Gasteiger partial charge in [0.05, 0.1) is 5.69 Å². The lowest BCUT2D eigenvalue weighted by molar-refractivity contribution is 0.102. The van der Waals surface area contributed by atoms with Gasteiger partial charge in [-0.1, -0.05) is 11.8 Å². The number of halogens is 4. The molecule has 1 N–H and O–H groups in total. The van der Waals surface area contributed by atoms with Crippen molar-refractivity contribution in [3.8, 4) is 0 Å².